The SMILES string of the molecule is CC(C)Oc1ccc(OCc2ccc(CN3CCNCC3)cc2)cc1. The number of nitrogens with one attached hydrogen (secondary N) is 1. The number of piperazine rings is 1. The molecule has 0 atom stereocenters. The zero-order valence-electron chi connectivity index (χ0n) is 15.2. The minimum atomic E-state index is 0.187. The molecule has 0 spiro atoms. The van der Waals surface area contributed by atoms with Crippen LogP contribution in [0.4, 0.5) is 0 Å². The first-order valence-corrected chi connectivity index (χ1v) is 9.09. The second kappa shape index (κ2) is 8.88. The third-order valence-corrected chi connectivity index (χ3v) is 4.24. The first kappa shape index (κ1) is 17.8. The lowest BCUT2D eigenvalue weighted by Gasteiger charge is -2.27. The van der Waals surface area contributed by atoms with Gasteiger partial charge in [-0.1, -0.05) is 24.3 Å². The van der Waals surface area contributed by atoms with E-state index in [4.69, 9.17) is 9.47 Å². The van der Waals surface area contributed by atoms with E-state index in [1.807, 2.05) is 38.1 Å². The molecule has 2 aromatic carbocycles. The highest BCUT2D eigenvalue weighted by Crippen LogP contribution is 2.20. The van der Waals surface area contributed by atoms with Gasteiger partial charge in [0.05, 0.1) is 6.10 Å². The van der Waals surface area contributed by atoms with Crippen LogP contribution >= 0.6 is 0 Å². The Morgan fingerprint density at radius 3 is 2.12 bits per heavy atom. The molecule has 1 saturated heterocycles. The summed E-state index contributed by atoms with van der Waals surface area (Å²) in [6.45, 7) is 10.1. The van der Waals surface area contributed by atoms with Gasteiger partial charge < -0.3 is 14.8 Å². The van der Waals surface area contributed by atoms with Crippen molar-refractivity contribution in [2.45, 2.75) is 33.1 Å². The third kappa shape index (κ3) is 5.76. The molecule has 25 heavy (non-hydrogen) atoms. The van der Waals surface area contributed by atoms with Gasteiger partial charge in [0, 0.05) is 32.7 Å². The average molecular weight is 340 g/mol. The second-order valence-electron chi connectivity index (χ2n) is 6.77. The first-order chi connectivity index (χ1) is 12.2. The number of rotatable bonds is 7. The van der Waals surface area contributed by atoms with Crippen LogP contribution in [0.3, 0.4) is 0 Å². The maximum atomic E-state index is 5.87. The summed E-state index contributed by atoms with van der Waals surface area (Å²) in [4.78, 5) is 2.49. The second-order valence-corrected chi connectivity index (χ2v) is 6.77. The number of hydrogen-bond acceptors (Lipinski definition) is 4. The Morgan fingerprint density at radius 2 is 1.48 bits per heavy atom. The monoisotopic (exact) mass is 340 g/mol. The zero-order chi connectivity index (χ0) is 17.5. The molecule has 1 fully saturated rings. The molecule has 1 aliphatic rings. The lowest BCUT2D eigenvalue weighted by Crippen LogP contribution is -2.42. The van der Waals surface area contributed by atoms with Crippen molar-refractivity contribution >= 4 is 0 Å². The molecule has 1 heterocycles. The summed E-state index contributed by atoms with van der Waals surface area (Å²) < 4.78 is 11.5. The summed E-state index contributed by atoms with van der Waals surface area (Å²) in [5.74, 6) is 1.74. The van der Waals surface area contributed by atoms with Crippen molar-refractivity contribution in [1.29, 1.82) is 0 Å². The Morgan fingerprint density at radius 1 is 0.880 bits per heavy atom. The fourth-order valence-electron chi connectivity index (χ4n) is 2.92. The van der Waals surface area contributed by atoms with E-state index >= 15 is 0 Å². The van der Waals surface area contributed by atoms with Crippen LogP contribution < -0.4 is 14.8 Å². The molecule has 0 aliphatic carbocycles. The topological polar surface area (TPSA) is 33.7 Å². The highest BCUT2D eigenvalue weighted by molar-refractivity contribution is 5.32. The van der Waals surface area contributed by atoms with Gasteiger partial charge in [-0.2, -0.15) is 0 Å². The molecule has 134 valence electrons. The maximum absolute atomic E-state index is 5.87. The smallest absolute Gasteiger partial charge is 0.120 e. The van der Waals surface area contributed by atoms with Crippen molar-refractivity contribution in [2.75, 3.05) is 26.2 Å². The molecule has 4 nitrogen and oxygen atoms in total. The van der Waals surface area contributed by atoms with Crippen LogP contribution in [0.1, 0.15) is 25.0 Å². The van der Waals surface area contributed by atoms with Gasteiger partial charge in [0.15, 0.2) is 0 Å². The van der Waals surface area contributed by atoms with E-state index in [0.29, 0.717) is 6.61 Å². The first-order valence-electron chi connectivity index (χ1n) is 9.09. The number of ether oxygens (including phenoxy) is 2. The Kier molecular flexibility index (Phi) is 6.31. The number of nitrogens with zero attached hydrogens (tertiary/aromatic N) is 1. The van der Waals surface area contributed by atoms with Crippen molar-refractivity contribution in [3.8, 4) is 11.5 Å². The van der Waals surface area contributed by atoms with Gasteiger partial charge in [-0.05, 0) is 49.2 Å². The van der Waals surface area contributed by atoms with Gasteiger partial charge in [0.2, 0.25) is 0 Å². The van der Waals surface area contributed by atoms with Crippen molar-refractivity contribution in [3.63, 3.8) is 0 Å². The third-order valence-electron chi connectivity index (χ3n) is 4.24. The minimum absolute atomic E-state index is 0.187. The Balaban J connectivity index is 1.48. The summed E-state index contributed by atoms with van der Waals surface area (Å²) in [7, 11) is 0. The largest absolute Gasteiger partial charge is 0.491 e. The molecule has 4 heteroatoms. The molecular formula is C21H28N2O2. The molecule has 1 N–H and O–H groups in total. The molecule has 2 aromatic rings. The van der Waals surface area contributed by atoms with Crippen LogP contribution in [0.25, 0.3) is 0 Å². The summed E-state index contributed by atoms with van der Waals surface area (Å²) in [5, 5.41) is 3.39. The van der Waals surface area contributed by atoms with Gasteiger partial charge >= 0.3 is 0 Å². The maximum Gasteiger partial charge on any atom is 0.120 e. The molecular weight excluding hydrogens is 312 g/mol. The van der Waals surface area contributed by atoms with Gasteiger partial charge in [-0.15, -0.1) is 0 Å². The zero-order valence-corrected chi connectivity index (χ0v) is 15.2. The standard InChI is InChI=1S/C21H28N2O2/c1-17(2)25-21-9-7-20(8-10-21)24-16-19-5-3-18(4-6-19)15-23-13-11-22-12-14-23/h3-10,17,22H,11-16H2,1-2H3. The lowest BCUT2D eigenvalue weighted by atomic mass is 10.1. The van der Waals surface area contributed by atoms with Crippen LogP contribution in [-0.4, -0.2) is 37.2 Å². The highest BCUT2D eigenvalue weighted by atomic mass is 16.5. The quantitative estimate of drug-likeness (QED) is 0.837. The van der Waals surface area contributed by atoms with Gasteiger partial charge in [-0.3, -0.25) is 4.90 Å². The van der Waals surface area contributed by atoms with E-state index in [1.54, 1.807) is 0 Å². The summed E-state index contributed by atoms with van der Waals surface area (Å²) in [5.41, 5.74) is 2.55. The summed E-state index contributed by atoms with van der Waals surface area (Å²) in [6, 6.07) is 16.5. The molecule has 0 aromatic heterocycles. The predicted octanol–water partition coefficient (Wildman–Crippen LogP) is 3.46. The molecule has 0 bridgehead atoms. The molecule has 0 radical (unpaired) electrons. The minimum Gasteiger partial charge on any atom is -0.491 e. The van der Waals surface area contributed by atoms with E-state index in [9.17, 15) is 0 Å². The van der Waals surface area contributed by atoms with Crippen molar-refractivity contribution in [1.82, 2.24) is 10.2 Å². The van der Waals surface area contributed by atoms with Crippen molar-refractivity contribution in [2.24, 2.45) is 0 Å². The fourth-order valence-corrected chi connectivity index (χ4v) is 2.92. The summed E-state index contributed by atoms with van der Waals surface area (Å²) in [6.07, 6.45) is 0.187. The van der Waals surface area contributed by atoms with Crippen LogP contribution in [0.2, 0.25) is 0 Å². The molecule has 0 unspecified atom stereocenters. The van der Waals surface area contributed by atoms with Crippen molar-refractivity contribution < 1.29 is 9.47 Å². The van der Waals surface area contributed by atoms with Crippen molar-refractivity contribution in [3.05, 3.63) is 59.7 Å². The molecule has 0 amide bonds. The van der Waals surface area contributed by atoms with Crippen LogP contribution in [0.5, 0.6) is 11.5 Å². The number of benzene rings is 2. The Bertz CT molecular complexity index is 632. The van der Waals surface area contributed by atoms with Gasteiger partial charge in [0.25, 0.3) is 0 Å². The van der Waals surface area contributed by atoms with Gasteiger partial charge in [0.1, 0.15) is 18.1 Å². The van der Waals surface area contributed by atoms with Crippen LogP contribution in [0, 0.1) is 0 Å². The molecule has 1 aliphatic heterocycles. The van der Waals surface area contributed by atoms with E-state index in [2.05, 4.69) is 34.5 Å². The summed E-state index contributed by atoms with van der Waals surface area (Å²) >= 11 is 0. The average Bonchev–Trinajstić information content (AvgIpc) is 2.63. The van der Waals surface area contributed by atoms with E-state index in [-0.39, 0.29) is 6.10 Å². The van der Waals surface area contributed by atoms with Gasteiger partial charge in [-0.25, -0.2) is 0 Å². The van der Waals surface area contributed by atoms with E-state index in [0.717, 1.165) is 44.2 Å². The highest BCUT2D eigenvalue weighted by Gasteiger charge is 2.09. The Labute approximate surface area is 150 Å². The van der Waals surface area contributed by atoms with E-state index in [1.165, 1.54) is 11.1 Å². The number of hydrogen-bond donors (Lipinski definition) is 1. The Hall–Kier alpha value is -2.04. The molecule has 3 rings (SSSR count). The van der Waals surface area contributed by atoms with Crippen LogP contribution in [0.15, 0.2) is 48.5 Å². The normalized spacial score (nSPS) is 15.3. The predicted molar refractivity (Wildman–Crippen MR) is 101 cm³/mol. The van der Waals surface area contributed by atoms with E-state index < -0.39 is 0 Å². The fraction of sp³-hybridized carbons (Fsp3) is 0.429. The lowest BCUT2D eigenvalue weighted by molar-refractivity contribution is 0.233. The molecule has 0 saturated carbocycles. The van der Waals surface area contributed by atoms with Crippen LogP contribution in [-0.2, 0) is 13.2 Å².